The second-order valence-electron chi connectivity index (χ2n) is 7.37. The highest BCUT2D eigenvalue weighted by atomic mass is 35.5. The zero-order valence-electron chi connectivity index (χ0n) is 17.5. The molecule has 1 aromatic heterocycles. The van der Waals surface area contributed by atoms with Crippen molar-refractivity contribution in [1.82, 2.24) is 4.57 Å². The summed E-state index contributed by atoms with van der Waals surface area (Å²) in [6.07, 6.45) is 0.747. The number of amides is 1. The number of ether oxygens (including phenoxy) is 1. The van der Waals surface area contributed by atoms with Gasteiger partial charge in [0.05, 0.1) is 5.52 Å². The third-order valence-corrected chi connectivity index (χ3v) is 5.56. The summed E-state index contributed by atoms with van der Waals surface area (Å²) >= 11 is 6.00. The Morgan fingerprint density at radius 3 is 2.59 bits per heavy atom. The van der Waals surface area contributed by atoms with Crippen molar-refractivity contribution in [2.45, 2.75) is 19.9 Å². The van der Waals surface area contributed by atoms with E-state index < -0.39 is 5.91 Å². The normalized spacial score (nSPS) is 11.3. The quantitative estimate of drug-likeness (QED) is 0.340. The van der Waals surface area contributed by atoms with Crippen molar-refractivity contribution in [1.29, 1.82) is 0 Å². The summed E-state index contributed by atoms with van der Waals surface area (Å²) in [6, 6.07) is 22.7. The maximum absolute atomic E-state index is 12.2. The van der Waals surface area contributed by atoms with Crippen molar-refractivity contribution in [3.05, 3.63) is 88.9 Å². The maximum Gasteiger partial charge on any atom is 0.302 e. The molecule has 4 rings (SSSR count). The van der Waals surface area contributed by atoms with E-state index >= 15 is 0 Å². The van der Waals surface area contributed by atoms with Crippen molar-refractivity contribution < 1.29 is 14.6 Å². The number of carbonyl (C=O) groups excluding carboxylic acids is 1. The van der Waals surface area contributed by atoms with E-state index in [1.54, 1.807) is 22.8 Å². The molecule has 7 heteroatoms. The summed E-state index contributed by atoms with van der Waals surface area (Å²) in [5.41, 5.74) is 3.11. The number of halogens is 1. The molecular weight excluding hydrogens is 426 g/mol. The summed E-state index contributed by atoms with van der Waals surface area (Å²) in [7, 11) is 0. The fraction of sp³-hybridized carbons (Fsp3) is 0.160. The van der Waals surface area contributed by atoms with Gasteiger partial charge in [0.1, 0.15) is 5.75 Å². The average Bonchev–Trinajstić information content (AvgIpc) is 3.08. The molecular formula is C25H22ClN3O3. The second-order valence-corrected chi connectivity index (χ2v) is 7.78. The van der Waals surface area contributed by atoms with Crippen molar-refractivity contribution in [3.8, 4) is 11.6 Å². The van der Waals surface area contributed by atoms with Crippen molar-refractivity contribution >= 4 is 34.1 Å². The second kappa shape index (κ2) is 9.66. The lowest BCUT2D eigenvalue weighted by Gasteiger charge is -2.07. The summed E-state index contributed by atoms with van der Waals surface area (Å²) in [4.78, 5) is 12.2. The number of aryl methyl sites for hydroxylation is 3. The average molecular weight is 448 g/mol. The lowest BCUT2D eigenvalue weighted by atomic mass is 10.1. The van der Waals surface area contributed by atoms with Crippen LogP contribution in [0.15, 0.2) is 83.0 Å². The third kappa shape index (κ3) is 4.81. The SMILES string of the molecule is Cc1cc(OCC(=O)N=Nc2c(O)n(CCc3ccccc3)c3ccccc23)ccc1Cl. The van der Waals surface area contributed by atoms with Crippen LogP contribution in [0.25, 0.3) is 10.9 Å². The van der Waals surface area contributed by atoms with Gasteiger partial charge < -0.3 is 14.4 Å². The number of hydrogen-bond acceptors (Lipinski definition) is 4. The summed E-state index contributed by atoms with van der Waals surface area (Å²) in [5.74, 6) is -0.0538. The molecule has 0 saturated heterocycles. The molecule has 0 unspecified atom stereocenters. The molecule has 32 heavy (non-hydrogen) atoms. The Balaban J connectivity index is 1.50. The number of carbonyl (C=O) groups is 1. The summed E-state index contributed by atoms with van der Waals surface area (Å²) < 4.78 is 7.26. The number of fused-ring (bicyclic) bond motifs is 1. The molecule has 3 aromatic carbocycles. The van der Waals surface area contributed by atoms with Gasteiger partial charge in [-0.05, 0) is 48.7 Å². The Bertz CT molecular complexity index is 1280. The number of hydrogen-bond donors (Lipinski definition) is 1. The highest BCUT2D eigenvalue weighted by Gasteiger charge is 2.16. The molecule has 0 aliphatic heterocycles. The van der Waals surface area contributed by atoms with E-state index in [1.165, 1.54) is 0 Å². The zero-order valence-corrected chi connectivity index (χ0v) is 18.3. The Morgan fingerprint density at radius 1 is 1.06 bits per heavy atom. The van der Waals surface area contributed by atoms with E-state index in [1.807, 2.05) is 61.5 Å². The number of para-hydroxylation sites is 1. The van der Waals surface area contributed by atoms with Crippen LogP contribution in [0.5, 0.6) is 11.6 Å². The topological polar surface area (TPSA) is 76.2 Å². The van der Waals surface area contributed by atoms with Gasteiger partial charge in [0, 0.05) is 17.0 Å². The largest absolute Gasteiger partial charge is 0.493 e. The number of aromatic nitrogens is 1. The molecule has 162 valence electrons. The number of benzene rings is 3. The molecule has 0 atom stereocenters. The van der Waals surface area contributed by atoms with E-state index in [4.69, 9.17) is 16.3 Å². The molecule has 0 saturated carbocycles. The lowest BCUT2D eigenvalue weighted by Crippen LogP contribution is -2.07. The summed E-state index contributed by atoms with van der Waals surface area (Å²) in [5, 5.41) is 20.0. The van der Waals surface area contributed by atoms with Crippen LogP contribution in [0.1, 0.15) is 11.1 Å². The minimum atomic E-state index is -0.557. The van der Waals surface area contributed by atoms with Crippen LogP contribution in [0.3, 0.4) is 0 Å². The van der Waals surface area contributed by atoms with Crippen LogP contribution in [0.2, 0.25) is 5.02 Å². The van der Waals surface area contributed by atoms with Gasteiger partial charge in [-0.3, -0.25) is 4.79 Å². The number of aromatic hydroxyl groups is 1. The van der Waals surface area contributed by atoms with E-state index in [0.717, 1.165) is 28.5 Å². The Hall–Kier alpha value is -3.64. The Morgan fingerprint density at radius 2 is 1.81 bits per heavy atom. The minimum absolute atomic E-state index is 0.0204. The van der Waals surface area contributed by atoms with Crippen molar-refractivity contribution in [3.63, 3.8) is 0 Å². The molecule has 4 aromatic rings. The number of nitrogens with zero attached hydrogens (tertiary/aromatic N) is 3. The van der Waals surface area contributed by atoms with E-state index in [-0.39, 0.29) is 18.2 Å². The molecule has 0 aliphatic carbocycles. The van der Waals surface area contributed by atoms with Crippen molar-refractivity contribution in [2.75, 3.05) is 6.61 Å². The predicted molar refractivity (Wildman–Crippen MR) is 125 cm³/mol. The van der Waals surface area contributed by atoms with Crippen molar-refractivity contribution in [2.24, 2.45) is 10.2 Å². The highest BCUT2D eigenvalue weighted by molar-refractivity contribution is 6.31. The fourth-order valence-corrected chi connectivity index (χ4v) is 3.59. The molecule has 1 heterocycles. The summed E-state index contributed by atoms with van der Waals surface area (Å²) in [6.45, 7) is 2.16. The number of rotatable bonds is 7. The molecule has 0 fully saturated rings. The predicted octanol–water partition coefficient (Wildman–Crippen LogP) is 6.24. The van der Waals surface area contributed by atoms with Gasteiger partial charge in [-0.1, -0.05) is 60.1 Å². The van der Waals surface area contributed by atoms with Crippen LogP contribution in [-0.4, -0.2) is 22.2 Å². The van der Waals surface area contributed by atoms with Crippen LogP contribution < -0.4 is 4.74 Å². The van der Waals surface area contributed by atoms with Crippen LogP contribution in [0, 0.1) is 6.92 Å². The first-order chi connectivity index (χ1) is 15.5. The molecule has 0 radical (unpaired) electrons. The highest BCUT2D eigenvalue weighted by Crippen LogP contribution is 2.39. The first-order valence-electron chi connectivity index (χ1n) is 10.2. The van der Waals surface area contributed by atoms with E-state index in [9.17, 15) is 9.90 Å². The molecule has 1 amide bonds. The van der Waals surface area contributed by atoms with Gasteiger partial charge in [-0.2, -0.15) is 0 Å². The van der Waals surface area contributed by atoms with Crippen LogP contribution in [0.4, 0.5) is 5.69 Å². The van der Waals surface area contributed by atoms with Gasteiger partial charge in [0.15, 0.2) is 12.3 Å². The molecule has 0 bridgehead atoms. The Labute approximate surface area is 190 Å². The molecule has 1 N–H and O–H groups in total. The van der Waals surface area contributed by atoms with Crippen LogP contribution in [-0.2, 0) is 17.8 Å². The standard InChI is InChI=1S/C25H22ClN3O3/c1-17-15-19(11-12-21(17)26)32-16-23(30)27-28-24-20-9-5-6-10-22(20)29(25(24)31)14-13-18-7-3-2-4-8-18/h2-12,15,31H,13-14,16H2,1H3. The Kier molecular flexibility index (Phi) is 6.52. The van der Waals surface area contributed by atoms with Gasteiger partial charge in [0.25, 0.3) is 0 Å². The molecule has 6 nitrogen and oxygen atoms in total. The smallest absolute Gasteiger partial charge is 0.302 e. The monoisotopic (exact) mass is 447 g/mol. The first-order valence-corrected chi connectivity index (χ1v) is 10.6. The zero-order chi connectivity index (χ0) is 22.5. The number of azo groups is 1. The molecule has 0 aliphatic rings. The van der Waals surface area contributed by atoms with Gasteiger partial charge in [0.2, 0.25) is 5.88 Å². The minimum Gasteiger partial charge on any atom is -0.493 e. The lowest BCUT2D eigenvalue weighted by molar-refractivity contribution is -0.120. The van der Waals surface area contributed by atoms with Gasteiger partial charge >= 0.3 is 5.91 Å². The van der Waals surface area contributed by atoms with E-state index in [0.29, 0.717) is 17.3 Å². The van der Waals surface area contributed by atoms with Gasteiger partial charge in [-0.15, -0.1) is 10.2 Å². The van der Waals surface area contributed by atoms with Gasteiger partial charge in [-0.25, -0.2) is 0 Å². The third-order valence-electron chi connectivity index (χ3n) is 5.14. The molecule has 0 spiro atoms. The van der Waals surface area contributed by atoms with Crippen LogP contribution >= 0.6 is 11.6 Å². The first kappa shape index (κ1) is 21.6. The fourth-order valence-electron chi connectivity index (χ4n) is 3.47. The van der Waals surface area contributed by atoms with E-state index in [2.05, 4.69) is 10.2 Å². The maximum atomic E-state index is 12.2.